The molecule has 122 valence electrons. The highest BCUT2D eigenvalue weighted by Gasteiger charge is 2.35. The first-order valence-corrected chi connectivity index (χ1v) is 8.05. The van der Waals surface area contributed by atoms with Gasteiger partial charge in [0.05, 0.1) is 0 Å². The maximum Gasteiger partial charge on any atom is 0.242 e. The number of amides is 2. The molecule has 0 radical (unpaired) electrons. The summed E-state index contributed by atoms with van der Waals surface area (Å²) in [5.41, 5.74) is -0.0414. The normalized spacial score (nSPS) is 20.4. The lowest BCUT2D eigenvalue weighted by atomic mass is 9.91. The van der Waals surface area contributed by atoms with Crippen molar-refractivity contribution in [2.24, 2.45) is 5.41 Å². The summed E-state index contributed by atoms with van der Waals surface area (Å²) in [5.74, 6) is 0.0828. The first-order chi connectivity index (χ1) is 9.74. The van der Waals surface area contributed by atoms with E-state index >= 15 is 0 Å². The van der Waals surface area contributed by atoms with Crippen molar-refractivity contribution in [3.63, 3.8) is 0 Å². The van der Waals surface area contributed by atoms with Gasteiger partial charge in [-0.05, 0) is 31.7 Å². The molecular formula is C16H31N3O2. The number of carbonyl (C=O) groups excluding carboxylic acids is 2. The second-order valence-electron chi connectivity index (χ2n) is 7.19. The van der Waals surface area contributed by atoms with Crippen LogP contribution in [0.25, 0.3) is 0 Å². The summed E-state index contributed by atoms with van der Waals surface area (Å²) >= 11 is 0. The molecule has 2 amide bonds. The Morgan fingerprint density at radius 3 is 2.57 bits per heavy atom. The number of nitrogens with zero attached hydrogens (tertiary/aromatic N) is 1. The predicted molar refractivity (Wildman–Crippen MR) is 85.0 cm³/mol. The van der Waals surface area contributed by atoms with Crippen LogP contribution in [0.1, 0.15) is 53.9 Å². The smallest absolute Gasteiger partial charge is 0.242 e. The van der Waals surface area contributed by atoms with Gasteiger partial charge in [-0.2, -0.15) is 0 Å². The molecule has 5 nitrogen and oxygen atoms in total. The van der Waals surface area contributed by atoms with Crippen molar-refractivity contribution >= 4 is 11.8 Å². The van der Waals surface area contributed by atoms with Crippen LogP contribution in [0.4, 0.5) is 0 Å². The summed E-state index contributed by atoms with van der Waals surface area (Å²) < 4.78 is 0. The van der Waals surface area contributed by atoms with Gasteiger partial charge in [-0.15, -0.1) is 0 Å². The molecule has 1 unspecified atom stereocenters. The summed E-state index contributed by atoms with van der Waals surface area (Å²) in [7, 11) is 0. The van der Waals surface area contributed by atoms with Gasteiger partial charge in [0.1, 0.15) is 6.04 Å². The van der Waals surface area contributed by atoms with Gasteiger partial charge in [0, 0.05) is 25.6 Å². The summed E-state index contributed by atoms with van der Waals surface area (Å²) in [5, 5.41) is 6.22. The van der Waals surface area contributed by atoms with Gasteiger partial charge >= 0.3 is 0 Å². The predicted octanol–water partition coefficient (Wildman–Crippen LogP) is 1.53. The molecular weight excluding hydrogens is 266 g/mol. The monoisotopic (exact) mass is 297 g/mol. The van der Waals surface area contributed by atoms with Gasteiger partial charge in [-0.1, -0.05) is 27.7 Å². The zero-order chi connectivity index (χ0) is 16.0. The Morgan fingerprint density at radius 2 is 2.00 bits per heavy atom. The van der Waals surface area contributed by atoms with Gasteiger partial charge in [-0.3, -0.25) is 9.59 Å². The number of nitrogens with one attached hydrogen (secondary N) is 2. The minimum atomic E-state index is -0.284. The van der Waals surface area contributed by atoms with Crippen LogP contribution in [-0.4, -0.2) is 48.4 Å². The molecule has 0 bridgehead atoms. The summed E-state index contributed by atoms with van der Waals surface area (Å²) in [4.78, 5) is 26.4. The van der Waals surface area contributed by atoms with Crippen LogP contribution in [-0.2, 0) is 9.59 Å². The minimum absolute atomic E-state index is 0.0143. The molecule has 0 aromatic rings. The van der Waals surface area contributed by atoms with Crippen molar-refractivity contribution in [2.45, 2.75) is 66.0 Å². The topological polar surface area (TPSA) is 61.4 Å². The summed E-state index contributed by atoms with van der Waals surface area (Å²) in [6, 6.07) is -0.0345. The van der Waals surface area contributed by atoms with Gasteiger partial charge in [0.25, 0.3) is 0 Å². The standard InChI is InChI=1S/C16H31N3O2/c1-6-17-12(2)11-18-15(21)13-8-7-9-19(13)14(20)10-16(3,4)5/h12-13,17H,6-11H2,1-5H3,(H,18,21)/t12-,13?/m1/s1. The first-order valence-electron chi connectivity index (χ1n) is 8.05. The lowest BCUT2D eigenvalue weighted by Gasteiger charge is -2.28. The zero-order valence-corrected chi connectivity index (χ0v) is 14.2. The van der Waals surface area contributed by atoms with Crippen molar-refractivity contribution in [3.8, 4) is 0 Å². The molecule has 1 aliphatic heterocycles. The van der Waals surface area contributed by atoms with Crippen LogP contribution in [0.2, 0.25) is 0 Å². The molecule has 1 rings (SSSR count). The van der Waals surface area contributed by atoms with E-state index in [1.807, 2.05) is 34.6 Å². The molecule has 0 aromatic heterocycles. The number of likely N-dealkylation sites (N-methyl/N-ethyl adjacent to an activating group) is 1. The Morgan fingerprint density at radius 1 is 1.33 bits per heavy atom. The highest BCUT2D eigenvalue weighted by molar-refractivity contribution is 5.88. The average molecular weight is 297 g/mol. The van der Waals surface area contributed by atoms with Crippen molar-refractivity contribution in [1.29, 1.82) is 0 Å². The van der Waals surface area contributed by atoms with Gasteiger partial charge in [0.2, 0.25) is 11.8 Å². The third kappa shape index (κ3) is 6.04. The molecule has 2 N–H and O–H groups in total. The molecule has 21 heavy (non-hydrogen) atoms. The molecule has 0 aliphatic carbocycles. The second-order valence-corrected chi connectivity index (χ2v) is 7.19. The maximum absolute atomic E-state index is 12.4. The van der Waals surface area contributed by atoms with Crippen molar-refractivity contribution in [1.82, 2.24) is 15.5 Å². The lowest BCUT2D eigenvalue weighted by Crippen LogP contribution is -2.49. The largest absolute Gasteiger partial charge is 0.353 e. The van der Waals surface area contributed by atoms with Crippen LogP contribution in [0.5, 0.6) is 0 Å². The second kappa shape index (κ2) is 7.78. The Labute approximate surface area is 128 Å². The molecule has 1 aliphatic rings. The van der Waals surface area contributed by atoms with E-state index in [0.717, 1.165) is 19.4 Å². The van der Waals surface area contributed by atoms with Crippen LogP contribution in [0.3, 0.4) is 0 Å². The molecule has 0 spiro atoms. The van der Waals surface area contributed by atoms with E-state index in [1.165, 1.54) is 0 Å². The molecule has 0 saturated carbocycles. The third-order valence-corrected chi connectivity index (χ3v) is 3.69. The van der Waals surface area contributed by atoms with Crippen LogP contribution in [0.15, 0.2) is 0 Å². The Bertz CT molecular complexity index is 363. The number of hydrogen-bond acceptors (Lipinski definition) is 3. The Kier molecular flexibility index (Phi) is 6.65. The fourth-order valence-electron chi connectivity index (χ4n) is 2.69. The summed E-state index contributed by atoms with van der Waals surface area (Å²) in [6.07, 6.45) is 2.18. The fraction of sp³-hybridized carbons (Fsp3) is 0.875. The summed E-state index contributed by atoms with van der Waals surface area (Å²) in [6.45, 7) is 12.4. The van der Waals surface area contributed by atoms with E-state index in [-0.39, 0.29) is 29.3 Å². The van der Waals surface area contributed by atoms with E-state index < -0.39 is 0 Å². The SMILES string of the molecule is CCN[C@H](C)CNC(=O)C1CCCN1C(=O)CC(C)(C)C. The minimum Gasteiger partial charge on any atom is -0.353 e. The number of likely N-dealkylation sites (tertiary alicyclic amines) is 1. The van der Waals surface area contributed by atoms with Crippen molar-refractivity contribution < 1.29 is 9.59 Å². The Hall–Kier alpha value is -1.10. The number of carbonyl (C=O) groups is 2. The Balaban J connectivity index is 2.52. The zero-order valence-electron chi connectivity index (χ0n) is 14.2. The number of hydrogen-bond donors (Lipinski definition) is 2. The average Bonchev–Trinajstić information content (AvgIpc) is 2.83. The van der Waals surface area contributed by atoms with Gasteiger partial charge in [0.15, 0.2) is 0 Å². The highest BCUT2D eigenvalue weighted by atomic mass is 16.2. The quantitative estimate of drug-likeness (QED) is 0.781. The van der Waals surface area contributed by atoms with Gasteiger partial charge < -0.3 is 15.5 Å². The molecule has 0 aromatic carbocycles. The van der Waals surface area contributed by atoms with E-state index in [0.29, 0.717) is 19.5 Å². The molecule has 5 heteroatoms. The third-order valence-electron chi connectivity index (χ3n) is 3.69. The van der Waals surface area contributed by atoms with Crippen LogP contribution >= 0.6 is 0 Å². The molecule has 1 saturated heterocycles. The van der Waals surface area contributed by atoms with Gasteiger partial charge in [-0.25, -0.2) is 0 Å². The van der Waals surface area contributed by atoms with Crippen LogP contribution in [0, 0.1) is 5.41 Å². The highest BCUT2D eigenvalue weighted by Crippen LogP contribution is 2.24. The molecule has 2 atom stereocenters. The van der Waals surface area contributed by atoms with E-state index in [4.69, 9.17) is 0 Å². The van der Waals surface area contributed by atoms with Crippen molar-refractivity contribution in [3.05, 3.63) is 0 Å². The van der Waals surface area contributed by atoms with Crippen LogP contribution < -0.4 is 10.6 Å². The maximum atomic E-state index is 12.4. The molecule has 1 fully saturated rings. The lowest BCUT2D eigenvalue weighted by molar-refractivity contribution is -0.139. The van der Waals surface area contributed by atoms with E-state index in [2.05, 4.69) is 10.6 Å². The molecule has 1 heterocycles. The van der Waals surface area contributed by atoms with E-state index in [9.17, 15) is 9.59 Å². The first kappa shape index (κ1) is 18.0. The van der Waals surface area contributed by atoms with E-state index in [1.54, 1.807) is 4.90 Å². The van der Waals surface area contributed by atoms with Crippen molar-refractivity contribution in [2.75, 3.05) is 19.6 Å². The fourth-order valence-corrected chi connectivity index (χ4v) is 2.69. The number of rotatable bonds is 6.